The molecule has 0 aromatic heterocycles. The third-order valence-electron chi connectivity index (χ3n) is 2.73. The van der Waals surface area contributed by atoms with Crippen LogP contribution in [0, 0.1) is 11.3 Å². The Morgan fingerprint density at radius 1 is 1.29 bits per heavy atom. The molecule has 0 bridgehead atoms. The van der Waals surface area contributed by atoms with Crippen molar-refractivity contribution in [3.05, 3.63) is 53.6 Å². The number of nitrogens with two attached hydrogens (primary N) is 1. The Balaban J connectivity index is 2.36. The monoisotopic (exact) mass is 296 g/mol. The second kappa shape index (κ2) is 6.50. The van der Waals surface area contributed by atoms with Crippen LogP contribution in [0.2, 0.25) is 0 Å². The smallest absolute Gasteiger partial charge is 0.184 e. The van der Waals surface area contributed by atoms with Gasteiger partial charge in [-0.3, -0.25) is 5.43 Å². The van der Waals surface area contributed by atoms with Crippen LogP contribution in [0.25, 0.3) is 11.1 Å². The number of nitrogens with one attached hydrogen (secondary N) is 1. The highest BCUT2D eigenvalue weighted by Gasteiger charge is 2.04. The molecule has 0 unspecified atom stereocenters. The van der Waals surface area contributed by atoms with Crippen molar-refractivity contribution >= 4 is 23.5 Å². The van der Waals surface area contributed by atoms with Crippen molar-refractivity contribution in [2.45, 2.75) is 0 Å². The predicted molar refractivity (Wildman–Crippen MR) is 85.8 cm³/mol. The minimum Gasteiger partial charge on any atom is -0.507 e. The molecule has 0 spiro atoms. The summed E-state index contributed by atoms with van der Waals surface area (Å²) >= 11 is 4.63. The molecule has 0 heterocycles. The van der Waals surface area contributed by atoms with Crippen LogP contribution in [0.4, 0.5) is 0 Å². The van der Waals surface area contributed by atoms with E-state index in [4.69, 9.17) is 11.0 Å². The summed E-state index contributed by atoms with van der Waals surface area (Å²) in [4.78, 5) is 0. The molecule has 5 nitrogen and oxygen atoms in total. The maximum atomic E-state index is 9.81. The van der Waals surface area contributed by atoms with Crippen LogP contribution in [0.1, 0.15) is 11.1 Å². The van der Waals surface area contributed by atoms with Gasteiger partial charge < -0.3 is 10.8 Å². The summed E-state index contributed by atoms with van der Waals surface area (Å²) in [6, 6.07) is 14.4. The molecule has 0 saturated carbocycles. The number of nitrogens with zero attached hydrogens (tertiary/aromatic N) is 2. The zero-order valence-electron chi connectivity index (χ0n) is 10.9. The van der Waals surface area contributed by atoms with Crippen molar-refractivity contribution < 1.29 is 5.11 Å². The third kappa shape index (κ3) is 3.78. The van der Waals surface area contributed by atoms with Crippen molar-refractivity contribution in [1.29, 1.82) is 5.26 Å². The van der Waals surface area contributed by atoms with Gasteiger partial charge >= 0.3 is 0 Å². The summed E-state index contributed by atoms with van der Waals surface area (Å²) < 4.78 is 0. The summed E-state index contributed by atoms with van der Waals surface area (Å²) in [7, 11) is 0. The lowest BCUT2D eigenvalue weighted by Gasteiger charge is -2.05. The number of nitriles is 1. The van der Waals surface area contributed by atoms with Crippen molar-refractivity contribution in [3.63, 3.8) is 0 Å². The normalized spacial score (nSPS) is 10.2. The van der Waals surface area contributed by atoms with E-state index in [1.54, 1.807) is 30.3 Å². The fraction of sp³-hybridized carbons (Fsp3) is 0. The molecule has 104 valence electrons. The Bertz CT molecular complexity index is 750. The molecule has 0 amide bonds. The quantitative estimate of drug-likeness (QED) is 0.458. The van der Waals surface area contributed by atoms with E-state index in [0.29, 0.717) is 11.1 Å². The molecule has 2 rings (SSSR count). The maximum absolute atomic E-state index is 9.81. The maximum Gasteiger partial charge on any atom is 0.184 e. The Labute approximate surface area is 127 Å². The number of phenolic OH excluding ortho intramolecular Hbond substituents is 1. The van der Waals surface area contributed by atoms with E-state index < -0.39 is 0 Å². The molecular weight excluding hydrogens is 284 g/mol. The van der Waals surface area contributed by atoms with Gasteiger partial charge in [0.25, 0.3) is 0 Å². The van der Waals surface area contributed by atoms with Crippen LogP contribution >= 0.6 is 12.2 Å². The largest absolute Gasteiger partial charge is 0.507 e. The van der Waals surface area contributed by atoms with E-state index in [0.717, 1.165) is 11.1 Å². The highest BCUT2D eigenvalue weighted by atomic mass is 32.1. The lowest BCUT2D eigenvalue weighted by atomic mass is 10.0. The Kier molecular flexibility index (Phi) is 4.49. The van der Waals surface area contributed by atoms with E-state index in [-0.39, 0.29) is 10.9 Å². The standard InChI is InChI=1S/C15H12N4OS/c16-8-10-2-1-3-11(6-10)12-4-5-14(20)13(7-12)9-18-19-15(17)21/h1-7,9,20H,(H3,17,19,21)/b18-9+. The van der Waals surface area contributed by atoms with Gasteiger partial charge in [0.1, 0.15) is 5.75 Å². The molecule has 0 aliphatic carbocycles. The second-order valence-electron chi connectivity index (χ2n) is 4.20. The molecule has 0 aliphatic heterocycles. The van der Waals surface area contributed by atoms with Crippen molar-refractivity contribution in [2.24, 2.45) is 10.8 Å². The average Bonchev–Trinajstić information content (AvgIpc) is 2.49. The summed E-state index contributed by atoms with van der Waals surface area (Å²) in [5.74, 6) is 0.0867. The average molecular weight is 296 g/mol. The summed E-state index contributed by atoms with van der Waals surface area (Å²) in [5.41, 5.74) is 10.5. The number of benzene rings is 2. The number of rotatable bonds is 3. The van der Waals surface area contributed by atoms with Crippen molar-refractivity contribution in [3.8, 4) is 22.9 Å². The molecule has 2 aromatic rings. The van der Waals surface area contributed by atoms with Crippen LogP contribution in [0.5, 0.6) is 5.75 Å². The van der Waals surface area contributed by atoms with Crippen molar-refractivity contribution in [2.75, 3.05) is 0 Å². The van der Waals surface area contributed by atoms with Crippen LogP contribution in [-0.4, -0.2) is 16.4 Å². The van der Waals surface area contributed by atoms with E-state index in [1.165, 1.54) is 6.21 Å². The molecule has 0 saturated heterocycles. The SMILES string of the molecule is N#Cc1cccc(-c2ccc(O)c(/C=N/NC(N)=S)c2)c1. The molecule has 6 heteroatoms. The van der Waals surface area contributed by atoms with E-state index in [2.05, 4.69) is 28.8 Å². The fourth-order valence-corrected chi connectivity index (χ4v) is 1.82. The first-order valence-corrected chi connectivity index (χ1v) is 6.43. The van der Waals surface area contributed by atoms with Crippen LogP contribution in [0.15, 0.2) is 47.6 Å². The number of thiocarbonyl (C=S) groups is 1. The fourth-order valence-electron chi connectivity index (χ4n) is 1.77. The van der Waals surface area contributed by atoms with Gasteiger partial charge in [-0.1, -0.05) is 18.2 Å². The Morgan fingerprint density at radius 3 is 2.76 bits per heavy atom. The zero-order chi connectivity index (χ0) is 15.2. The third-order valence-corrected chi connectivity index (χ3v) is 2.82. The highest BCUT2D eigenvalue weighted by Crippen LogP contribution is 2.25. The van der Waals surface area contributed by atoms with E-state index >= 15 is 0 Å². The number of hydrogen-bond donors (Lipinski definition) is 3. The lowest BCUT2D eigenvalue weighted by Crippen LogP contribution is -2.23. The van der Waals surface area contributed by atoms with Gasteiger partial charge in [0.15, 0.2) is 5.11 Å². The molecule has 0 fully saturated rings. The number of hydrogen-bond acceptors (Lipinski definition) is 4. The lowest BCUT2D eigenvalue weighted by molar-refractivity contribution is 0.474. The number of hydrazone groups is 1. The summed E-state index contributed by atoms with van der Waals surface area (Å²) in [5, 5.41) is 22.6. The van der Waals surface area contributed by atoms with Crippen molar-refractivity contribution in [1.82, 2.24) is 5.43 Å². The zero-order valence-corrected chi connectivity index (χ0v) is 11.8. The van der Waals surface area contributed by atoms with E-state index in [9.17, 15) is 5.11 Å². The molecule has 0 radical (unpaired) electrons. The molecule has 21 heavy (non-hydrogen) atoms. The minimum absolute atomic E-state index is 0.0450. The first-order chi connectivity index (χ1) is 10.1. The van der Waals surface area contributed by atoms with Crippen LogP contribution in [-0.2, 0) is 0 Å². The van der Waals surface area contributed by atoms with Gasteiger partial charge in [-0.25, -0.2) is 0 Å². The van der Waals surface area contributed by atoms with Gasteiger partial charge in [0.05, 0.1) is 17.8 Å². The Hall–Kier alpha value is -2.91. The first kappa shape index (κ1) is 14.5. The first-order valence-electron chi connectivity index (χ1n) is 6.02. The van der Waals surface area contributed by atoms with Gasteiger partial charge in [-0.05, 0) is 47.6 Å². The molecule has 0 atom stereocenters. The molecule has 0 aliphatic rings. The highest BCUT2D eigenvalue weighted by molar-refractivity contribution is 7.80. The predicted octanol–water partition coefficient (Wildman–Crippen LogP) is 2.10. The summed E-state index contributed by atoms with van der Waals surface area (Å²) in [6.45, 7) is 0. The van der Waals surface area contributed by atoms with Gasteiger partial charge in [0, 0.05) is 5.56 Å². The Morgan fingerprint density at radius 2 is 2.05 bits per heavy atom. The summed E-state index contributed by atoms with van der Waals surface area (Å²) in [6.07, 6.45) is 1.42. The van der Waals surface area contributed by atoms with Crippen LogP contribution in [0.3, 0.4) is 0 Å². The molecular formula is C15H12N4OS. The van der Waals surface area contributed by atoms with Gasteiger partial charge in [-0.15, -0.1) is 0 Å². The minimum atomic E-state index is 0.0450. The molecule has 4 N–H and O–H groups in total. The van der Waals surface area contributed by atoms with Gasteiger partial charge in [-0.2, -0.15) is 10.4 Å². The number of phenols is 1. The van der Waals surface area contributed by atoms with E-state index in [1.807, 2.05) is 12.1 Å². The topological polar surface area (TPSA) is 94.4 Å². The second-order valence-corrected chi connectivity index (χ2v) is 4.64. The van der Waals surface area contributed by atoms with Crippen LogP contribution < -0.4 is 11.2 Å². The number of aromatic hydroxyl groups is 1. The van der Waals surface area contributed by atoms with Gasteiger partial charge in [0.2, 0.25) is 0 Å². The molecule has 2 aromatic carbocycles.